The average molecular weight is 219 g/mol. The summed E-state index contributed by atoms with van der Waals surface area (Å²) in [5, 5.41) is 5.17. The van der Waals surface area contributed by atoms with E-state index in [0.29, 0.717) is 12.1 Å². The van der Waals surface area contributed by atoms with Gasteiger partial charge in [-0.15, -0.1) is 0 Å². The van der Waals surface area contributed by atoms with Gasteiger partial charge in [0.15, 0.2) is 0 Å². The molecular formula is C11H13N3O2. The van der Waals surface area contributed by atoms with Gasteiger partial charge in [-0.25, -0.2) is 4.79 Å². The normalized spacial score (nSPS) is 10.7. The van der Waals surface area contributed by atoms with Crippen molar-refractivity contribution >= 4 is 16.9 Å². The van der Waals surface area contributed by atoms with Crippen LogP contribution in [0.25, 0.3) is 10.9 Å². The number of nitrogens with two attached hydrogens (primary N) is 1. The first-order valence-electron chi connectivity index (χ1n) is 4.92. The van der Waals surface area contributed by atoms with Gasteiger partial charge in [-0.05, 0) is 6.07 Å². The van der Waals surface area contributed by atoms with Crippen LogP contribution in [0.5, 0.6) is 0 Å². The lowest BCUT2D eigenvalue weighted by Crippen LogP contribution is -2.04. The quantitative estimate of drug-likeness (QED) is 0.759. The highest BCUT2D eigenvalue weighted by Crippen LogP contribution is 2.22. The van der Waals surface area contributed by atoms with E-state index in [1.807, 2.05) is 6.07 Å². The van der Waals surface area contributed by atoms with Crippen molar-refractivity contribution in [1.29, 1.82) is 0 Å². The van der Waals surface area contributed by atoms with Gasteiger partial charge >= 0.3 is 5.97 Å². The summed E-state index contributed by atoms with van der Waals surface area (Å²) in [5.41, 5.74) is 7.64. The molecule has 1 aromatic carbocycles. The van der Waals surface area contributed by atoms with Crippen LogP contribution in [0.3, 0.4) is 0 Å². The van der Waals surface area contributed by atoms with Crippen LogP contribution < -0.4 is 5.73 Å². The molecule has 0 bridgehead atoms. The third-order valence-corrected chi connectivity index (χ3v) is 2.54. The number of rotatable bonds is 2. The van der Waals surface area contributed by atoms with Crippen molar-refractivity contribution in [3.8, 4) is 0 Å². The molecule has 1 heterocycles. The van der Waals surface area contributed by atoms with E-state index in [2.05, 4.69) is 5.10 Å². The molecule has 0 unspecified atom stereocenters. The summed E-state index contributed by atoms with van der Waals surface area (Å²) < 4.78 is 6.39. The fraction of sp³-hybridized carbons (Fsp3) is 0.273. The topological polar surface area (TPSA) is 70.1 Å². The van der Waals surface area contributed by atoms with Crippen molar-refractivity contribution in [2.45, 2.75) is 6.54 Å². The molecule has 5 nitrogen and oxygen atoms in total. The lowest BCUT2D eigenvalue weighted by molar-refractivity contribution is 0.0602. The van der Waals surface area contributed by atoms with Crippen molar-refractivity contribution in [3.63, 3.8) is 0 Å². The van der Waals surface area contributed by atoms with Gasteiger partial charge in [0, 0.05) is 19.0 Å². The minimum absolute atomic E-state index is 0.349. The first kappa shape index (κ1) is 10.6. The Balaban J connectivity index is 2.77. The van der Waals surface area contributed by atoms with Gasteiger partial charge in [-0.1, -0.05) is 12.1 Å². The summed E-state index contributed by atoms with van der Waals surface area (Å²) in [6.45, 7) is 0.349. The zero-order chi connectivity index (χ0) is 11.7. The van der Waals surface area contributed by atoms with Gasteiger partial charge in [0.2, 0.25) is 0 Å². The molecule has 0 radical (unpaired) electrons. The number of para-hydroxylation sites is 1. The Bertz CT molecular complexity index is 545. The molecule has 0 amide bonds. The number of nitrogens with zero attached hydrogens (tertiary/aromatic N) is 2. The summed E-state index contributed by atoms with van der Waals surface area (Å²) in [7, 11) is 3.15. The molecule has 0 aliphatic rings. The number of benzene rings is 1. The van der Waals surface area contributed by atoms with E-state index in [-0.39, 0.29) is 5.97 Å². The van der Waals surface area contributed by atoms with E-state index in [4.69, 9.17) is 10.5 Å². The molecule has 0 atom stereocenters. The molecule has 16 heavy (non-hydrogen) atoms. The van der Waals surface area contributed by atoms with Crippen LogP contribution in [-0.4, -0.2) is 22.9 Å². The molecule has 0 fully saturated rings. The maximum absolute atomic E-state index is 11.6. The largest absolute Gasteiger partial charge is 0.465 e. The van der Waals surface area contributed by atoms with Gasteiger partial charge in [0.1, 0.15) is 0 Å². The molecule has 2 rings (SSSR count). The summed E-state index contributed by atoms with van der Waals surface area (Å²) in [6, 6.07) is 5.42. The van der Waals surface area contributed by atoms with E-state index >= 15 is 0 Å². The second-order valence-corrected chi connectivity index (χ2v) is 3.47. The third-order valence-electron chi connectivity index (χ3n) is 2.54. The number of aromatic nitrogens is 2. The highest BCUT2D eigenvalue weighted by molar-refractivity contribution is 6.03. The fourth-order valence-electron chi connectivity index (χ4n) is 1.84. The highest BCUT2D eigenvalue weighted by atomic mass is 16.5. The number of hydrogen-bond acceptors (Lipinski definition) is 4. The van der Waals surface area contributed by atoms with Crippen molar-refractivity contribution in [3.05, 3.63) is 29.5 Å². The first-order chi connectivity index (χ1) is 7.69. The molecule has 5 heteroatoms. The summed E-state index contributed by atoms with van der Waals surface area (Å²) in [6.07, 6.45) is 0. The van der Waals surface area contributed by atoms with Crippen LogP contribution in [-0.2, 0) is 18.3 Å². The average Bonchev–Trinajstić information content (AvgIpc) is 2.65. The Hall–Kier alpha value is -1.88. The zero-order valence-corrected chi connectivity index (χ0v) is 9.23. The smallest absolute Gasteiger partial charge is 0.340 e. The van der Waals surface area contributed by atoms with E-state index < -0.39 is 0 Å². The Morgan fingerprint density at radius 2 is 2.31 bits per heavy atom. The minimum Gasteiger partial charge on any atom is -0.465 e. The van der Waals surface area contributed by atoms with Crippen LogP contribution in [0.1, 0.15) is 16.1 Å². The third kappa shape index (κ3) is 1.45. The second-order valence-electron chi connectivity index (χ2n) is 3.47. The Morgan fingerprint density at radius 3 is 2.94 bits per heavy atom. The standard InChI is InChI=1S/C11H13N3O2/c1-14-10-7(9(6-12)13-14)4-3-5-8(10)11(15)16-2/h3-5H,6,12H2,1-2H3. The van der Waals surface area contributed by atoms with Gasteiger partial charge < -0.3 is 10.5 Å². The molecule has 84 valence electrons. The van der Waals surface area contributed by atoms with Crippen LogP contribution in [0.4, 0.5) is 0 Å². The summed E-state index contributed by atoms with van der Waals surface area (Å²) >= 11 is 0. The predicted octanol–water partition coefficient (Wildman–Crippen LogP) is 0.819. The van der Waals surface area contributed by atoms with Gasteiger partial charge in [0.25, 0.3) is 0 Å². The highest BCUT2D eigenvalue weighted by Gasteiger charge is 2.15. The molecule has 0 saturated heterocycles. The van der Waals surface area contributed by atoms with E-state index in [9.17, 15) is 4.79 Å². The van der Waals surface area contributed by atoms with Gasteiger partial charge in [-0.2, -0.15) is 5.10 Å². The number of methoxy groups -OCH3 is 1. The predicted molar refractivity (Wildman–Crippen MR) is 59.9 cm³/mol. The Labute approximate surface area is 92.8 Å². The number of ether oxygens (including phenoxy) is 1. The molecule has 2 N–H and O–H groups in total. The second kappa shape index (κ2) is 3.94. The van der Waals surface area contributed by atoms with Crippen molar-refractivity contribution < 1.29 is 9.53 Å². The van der Waals surface area contributed by atoms with Gasteiger partial charge in [-0.3, -0.25) is 4.68 Å². The Kier molecular flexibility index (Phi) is 2.62. The van der Waals surface area contributed by atoms with E-state index in [0.717, 1.165) is 16.6 Å². The summed E-state index contributed by atoms with van der Waals surface area (Å²) in [4.78, 5) is 11.6. The van der Waals surface area contributed by atoms with E-state index in [1.54, 1.807) is 23.9 Å². The SMILES string of the molecule is COC(=O)c1cccc2c(CN)nn(C)c12. The minimum atomic E-state index is -0.364. The van der Waals surface area contributed by atoms with Crippen LogP contribution in [0.15, 0.2) is 18.2 Å². The number of fused-ring (bicyclic) bond motifs is 1. The molecule has 1 aromatic heterocycles. The Morgan fingerprint density at radius 1 is 1.56 bits per heavy atom. The fourth-order valence-corrected chi connectivity index (χ4v) is 1.84. The molecule has 0 aliphatic carbocycles. The number of aryl methyl sites for hydroxylation is 1. The number of hydrogen-bond donors (Lipinski definition) is 1. The number of carbonyl (C=O) groups is 1. The summed E-state index contributed by atoms with van der Waals surface area (Å²) in [5.74, 6) is -0.364. The van der Waals surface area contributed by atoms with E-state index in [1.165, 1.54) is 7.11 Å². The number of carbonyl (C=O) groups excluding carboxylic acids is 1. The van der Waals surface area contributed by atoms with Crippen LogP contribution in [0.2, 0.25) is 0 Å². The molecule has 2 aromatic rings. The van der Waals surface area contributed by atoms with Gasteiger partial charge in [0.05, 0.1) is 23.9 Å². The van der Waals surface area contributed by atoms with Crippen molar-refractivity contribution in [1.82, 2.24) is 9.78 Å². The van der Waals surface area contributed by atoms with Crippen molar-refractivity contribution in [2.24, 2.45) is 12.8 Å². The zero-order valence-electron chi connectivity index (χ0n) is 9.23. The molecule has 0 saturated carbocycles. The maximum atomic E-state index is 11.6. The number of esters is 1. The van der Waals surface area contributed by atoms with Crippen molar-refractivity contribution in [2.75, 3.05) is 7.11 Å². The molecular weight excluding hydrogens is 206 g/mol. The maximum Gasteiger partial charge on any atom is 0.340 e. The first-order valence-corrected chi connectivity index (χ1v) is 4.92. The molecule has 0 aliphatic heterocycles. The lowest BCUT2D eigenvalue weighted by atomic mass is 10.1. The molecule has 0 spiro atoms. The van der Waals surface area contributed by atoms with Crippen LogP contribution >= 0.6 is 0 Å². The van der Waals surface area contributed by atoms with Crippen LogP contribution in [0, 0.1) is 0 Å². The monoisotopic (exact) mass is 219 g/mol. The lowest BCUT2D eigenvalue weighted by Gasteiger charge is -2.02.